The molecule has 0 spiro atoms. The zero-order valence-electron chi connectivity index (χ0n) is 15.5. The Labute approximate surface area is 154 Å². The third-order valence-electron chi connectivity index (χ3n) is 5.01. The van der Waals surface area contributed by atoms with E-state index in [1.54, 1.807) is 7.11 Å². The fourth-order valence-electron chi connectivity index (χ4n) is 3.39. The number of carbonyl (C=O) groups is 1. The summed E-state index contributed by atoms with van der Waals surface area (Å²) in [6.45, 7) is 6.45. The highest BCUT2D eigenvalue weighted by molar-refractivity contribution is 5.76. The van der Waals surface area contributed by atoms with Gasteiger partial charge in [0.05, 0.1) is 19.8 Å². The van der Waals surface area contributed by atoms with Crippen molar-refractivity contribution >= 4 is 5.91 Å². The summed E-state index contributed by atoms with van der Waals surface area (Å²) in [5.74, 6) is 1.81. The van der Waals surface area contributed by atoms with Crippen LogP contribution >= 0.6 is 0 Å². The number of rotatable bonds is 7. The van der Waals surface area contributed by atoms with Crippen molar-refractivity contribution in [2.45, 2.75) is 25.9 Å². The summed E-state index contributed by atoms with van der Waals surface area (Å²) in [5.41, 5.74) is 1.17. The molecule has 0 saturated carbocycles. The second-order valence-electron chi connectivity index (χ2n) is 6.78. The molecule has 2 aliphatic heterocycles. The topological polar surface area (TPSA) is 69.3 Å². The van der Waals surface area contributed by atoms with Gasteiger partial charge in [-0.1, -0.05) is 6.07 Å². The second-order valence-corrected chi connectivity index (χ2v) is 6.78. The van der Waals surface area contributed by atoms with Crippen molar-refractivity contribution in [1.29, 1.82) is 0 Å². The lowest BCUT2D eigenvalue weighted by Gasteiger charge is -2.31. The molecule has 1 amide bonds. The Bertz CT molecular complexity index is 610. The van der Waals surface area contributed by atoms with Gasteiger partial charge in [0.2, 0.25) is 12.7 Å². The van der Waals surface area contributed by atoms with Crippen molar-refractivity contribution in [2.75, 3.05) is 46.8 Å². The molecule has 1 aromatic rings. The van der Waals surface area contributed by atoms with Crippen LogP contribution in [0.3, 0.4) is 0 Å². The minimum atomic E-state index is 0.0485. The molecular weight excluding hydrogens is 336 g/mol. The Hall–Kier alpha value is -1.83. The summed E-state index contributed by atoms with van der Waals surface area (Å²) in [5, 5.41) is 2.90. The minimum absolute atomic E-state index is 0.0485. The van der Waals surface area contributed by atoms with Crippen LogP contribution in [0, 0.1) is 5.92 Å². The molecule has 7 nitrogen and oxygen atoms in total. The number of nitrogens with one attached hydrogen (secondary N) is 1. The maximum atomic E-state index is 12.2. The zero-order valence-corrected chi connectivity index (χ0v) is 15.5. The second kappa shape index (κ2) is 9.21. The van der Waals surface area contributed by atoms with Crippen molar-refractivity contribution < 1.29 is 23.7 Å². The number of methoxy groups -OCH3 is 1. The van der Waals surface area contributed by atoms with E-state index in [0.29, 0.717) is 32.8 Å². The summed E-state index contributed by atoms with van der Waals surface area (Å²) in [6.07, 6.45) is 0.461. The van der Waals surface area contributed by atoms with Gasteiger partial charge in [-0.15, -0.1) is 0 Å². The highest BCUT2D eigenvalue weighted by atomic mass is 16.7. The molecule has 2 aliphatic rings. The van der Waals surface area contributed by atoms with Crippen LogP contribution in [0.1, 0.15) is 18.9 Å². The maximum absolute atomic E-state index is 12.2. The predicted octanol–water partition coefficient (Wildman–Crippen LogP) is 1.40. The van der Waals surface area contributed by atoms with Gasteiger partial charge < -0.3 is 24.3 Å². The Morgan fingerprint density at radius 1 is 1.35 bits per heavy atom. The highest BCUT2D eigenvalue weighted by Crippen LogP contribution is 2.33. The van der Waals surface area contributed by atoms with Gasteiger partial charge in [-0.2, -0.15) is 0 Å². The Kier molecular flexibility index (Phi) is 6.71. The molecule has 26 heavy (non-hydrogen) atoms. The third kappa shape index (κ3) is 4.87. The molecule has 2 atom stereocenters. The fourth-order valence-corrected chi connectivity index (χ4v) is 3.39. The van der Waals surface area contributed by atoms with Crippen molar-refractivity contribution in [1.82, 2.24) is 10.2 Å². The summed E-state index contributed by atoms with van der Waals surface area (Å²) in [4.78, 5) is 14.5. The molecule has 1 fully saturated rings. The molecule has 7 heteroatoms. The number of hydrogen-bond donors (Lipinski definition) is 1. The summed E-state index contributed by atoms with van der Waals surface area (Å²) >= 11 is 0. The first kappa shape index (κ1) is 18.9. The molecule has 0 aromatic heterocycles. The van der Waals surface area contributed by atoms with Gasteiger partial charge in [-0.25, -0.2) is 0 Å². The number of ether oxygens (including phenoxy) is 4. The molecule has 1 N–H and O–H groups in total. The van der Waals surface area contributed by atoms with Gasteiger partial charge >= 0.3 is 0 Å². The molecule has 0 unspecified atom stereocenters. The van der Waals surface area contributed by atoms with E-state index in [1.807, 2.05) is 12.1 Å². The molecular formula is C19H28N2O5. The minimum Gasteiger partial charge on any atom is -0.454 e. The zero-order chi connectivity index (χ0) is 18.4. The molecule has 1 aromatic carbocycles. The lowest BCUT2D eigenvalue weighted by molar-refractivity contribution is -0.123. The summed E-state index contributed by atoms with van der Waals surface area (Å²) < 4.78 is 21.6. The van der Waals surface area contributed by atoms with Crippen molar-refractivity contribution in [2.24, 2.45) is 5.92 Å². The number of hydrogen-bond acceptors (Lipinski definition) is 6. The largest absolute Gasteiger partial charge is 0.454 e. The van der Waals surface area contributed by atoms with Gasteiger partial charge in [-0.3, -0.25) is 9.69 Å². The number of fused-ring (bicyclic) bond motifs is 1. The number of carbonyl (C=O) groups excluding carboxylic acids is 1. The third-order valence-corrected chi connectivity index (χ3v) is 5.01. The Balaban J connectivity index is 1.59. The summed E-state index contributed by atoms with van der Waals surface area (Å²) in [6, 6.07) is 6.31. The lowest BCUT2D eigenvalue weighted by atomic mass is 9.96. The van der Waals surface area contributed by atoms with Crippen LogP contribution in [-0.4, -0.2) is 63.7 Å². The number of nitrogens with zero attached hydrogens (tertiary/aromatic N) is 1. The van der Waals surface area contributed by atoms with Gasteiger partial charge in [-0.05, 0) is 24.6 Å². The van der Waals surface area contributed by atoms with Crippen LogP contribution in [-0.2, 0) is 20.8 Å². The highest BCUT2D eigenvalue weighted by Gasteiger charge is 2.29. The molecule has 1 saturated heterocycles. The van der Waals surface area contributed by atoms with Crippen LogP contribution in [0.15, 0.2) is 18.2 Å². The van der Waals surface area contributed by atoms with Crippen molar-refractivity contribution in [3.8, 4) is 11.5 Å². The van der Waals surface area contributed by atoms with Gasteiger partial charge in [0.25, 0.3) is 0 Å². The Morgan fingerprint density at radius 2 is 2.19 bits per heavy atom. The lowest BCUT2D eigenvalue weighted by Crippen LogP contribution is -2.40. The van der Waals surface area contributed by atoms with Crippen LogP contribution in [0.25, 0.3) is 0 Å². The average Bonchev–Trinajstić information content (AvgIpc) is 3.04. The normalized spacial score (nSPS) is 22.8. The van der Waals surface area contributed by atoms with Crippen LogP contribution in [0.2, 0.25) is 0 Å². The predicted molar refractivity (Wildman–Crippen MR) is 96.2 cm³/mol. The van der Waals surface area contributed by atoms with E-state index < -0.39 is 0 Å². The summed E-state index contributed by atoms with van der Waals surface area (Å²) in [7, 11) is 1.63. The van der Waals surface area contributed by atoms with Crippen LogP contribution in [0.4, 0.5) is 0 Å². The van der Waals surface area contributed by atoms with Gasteiger partial charge in [0, 0.05) is 45.1 Å². The van der Waals surface area contributed by atoms with E-state index >= 15 is 0 Å². The van der Waals surface area contributed by atoms with E-state index in [9.17, 15) is 4.79 Å². The van der Waals surface area contributed by atoms with Gasteiger partial charge in [0.1, 0.15) is 0 Å². The maximum Gasteiger partial charge on any atom is 0.231 e. The molecule has 0 aliphatic carbocycles. The monoisotopic (exact) mass is 364 g/mol. The molecule has 2 heterocycles. The Morgan fingerprint density at radius 3 is 3.04 bits per heavy atom. The molecule has 0 radical (unpaired) electrons. The first-order valence-corrected chi connectivity index (χ1v) is 9.13. The number of amides is 1. The fraction of sp³-hybridized carbons (Fsp3) is 0.632. The standard InChI is InChI=1S/C19H28N2O5/c1-14-16(10-19(22)20-5-7-23-2)12-24-8-6-21(14)11-15-3-4-17-18(9-15)26-13-25-17/h3-4,9,14,16H,5-8,10-13H2,1-2H3,(H,20,22)/t14-,16+/m1/s1. The van der Waals surface area contributed by atoms with Crippen molar-refractivity contribution in [3.63, 3.8) is 0 Å². The van der Waals surface area contributed by atoms with E-state index in [-0.39, 0.29) is 24.7 Å². The quantitative estimate of drug-likeness (QED) is 0.738. The van der Waals surface area contributed by atoms with Crippen LogP contribution in [0.5, 0.6) is 11.5 Å². The molecule has 0 bridgehead atoms. The van der Waals surface area contributed by atoms with E-state index in [0.717, 1.165) is 24.6 Å². The SMILES string of the molecule is COCCNC(=O)C[C@H]1COCCN(Cc2ccc3c(c2)OCO3)[C@@H]1C. The van der Waals surface area contributed by atoms with Gasteiger partial charge in [0.15, 0.2) is 11.5 Å². The van der Waals surface area contributed by atoms with E-state index in [4.69, 9.17) is 18.9 Å². The van der Waals surface area contributed by atoms with Crippen LogP contribution < -0.4 is 14.8 Å². The molecule has 144 valence electrons. The van der Waals surface area contributed by atoms with Crippen molar-refractivity contribution in [3.05, 3.63) is 23.8 Å². The smallest absolute Gasteiger partial charge is 0.231 e. The van der Waals surface area contributed by atoms with E-state index in [2.05, 4.69) is 23.2 Å². The van der Waals surface area contributed by atoms with E-state index in [1.165, 1.54) is 5.56 Å². The number of benzene rings is 1. The first-order valence-electron chi connectivity index (χ1n) is 9.13. The first-order chi connectivity index (χ1) is 12.7. The average molecular weight is 364 g/mol. The molecule has 3 rings (SSSR count).